The van der Waals surface area contributed by atoms with Crippen LogP contribution in [0.5, 0.6) is 0 Å². The Morgan fingerprint density at radius 2 is 0.657 bits per heavy atom. The van der Waals surface area contributed by atoms with Crippen LogP contribution in [0.15, 0.2) is 205 Å². The Morgan fingerprint density at radius 3 is 1.10 bits per heavy atom. The molecule has 0 bridgehead atoms. The molecule has 0 aliphatic heterocycles. The summed E-state index contributed by atoms with van der Waals surface area (Å²) in [6.07, 6.45) is 0. The summed E-state index contributed by atoms with van der Waals surface area (Å²) >= 11 is 0. The smallest absolute Gasteiger partial charge is 0.136 e. The zero-order valence-electron chi connectivity index (χ0n) is 37.6. The highest BCUT2D eigenvalue weighted by molar-refractivity contribution is 6.19. The highest BCUT2D eigenvalue weighted by Crippen LogP contribution is 2.49. The van der Waals surface area contributed by atoms with E-state index in [-0.39, 0.29) is 0 Å². The third-order valence-corrected chi connectivity index (χ3v) is 14.7. The summed E-state index contributed by atoms with van der Waals surface area (Å²) in [5.41, 5.74) is 13.3. The molecule has 0 N–H and O–H groups in total. The Morgan fingerprint density at radius 1 is 0.300 bits per heavy atom. The van der Waals surface area contributed by atoms with Crippen LogP contribution in [-0.4, -0.2) is 18.3 Å². The van der Waals surface area contributed by atoms with Crippen molar-refractivity contribution in [2.24, 2.45) is 0 Å². The van der Waals surface area contributed by atoms with Crippen LogP contribution >= 0.6 is 0 Å². The molecule has 15 aromatic rings. The largest absolute Gasteiger partial charge is 0.456 e. The van der Waals surface area contributed by atoms with E-state index in [4.69, 9.17) is 4.42 Å². The van der Waals surface area contributed by atoms with Gasteiger partial charge in [0.2, 0.25) is 0 Å². The van der Waals surface area contributed by atoms with Gasteiger partial charge in [-0.15, -0.1) is 0 Å². The minimum atomic E-state index is 0.362. The summed E-state index contributed by atoms with van der Waals surface area (Å²) in [4.78, 5) is 0. The first-order valence-corrected chi connectivity index (χ1v) is 23.5. The number of furan rings is 1. The SMILES string of the molecule is Cc1ccc2c(c1)c1cc3oc4ccccc4c3cc1n2-c1c(C#N)c(-n2c3ccccc3c3ccccc32)c(-n2c3ccccc3c3ccccc32)c(-n2c3ccccc3c3ccccc32)c1C#N. The Balaban J connectivity index is 1.28. The number of benzene rings is 10. The van der Waals surface area contributed by atoms with E-state index in [2.05, 4.69) is 219 Å². The predicted molar refractivity (Wildman–Crippen MR) is 285 cm³/mol. The molecule has 324 valence electrons. The van der Waals surface area contributed by atoms with E-state index in [0.717, 1.165) is 115 Å². The van der Waals surface area contributed by atoms with Crippen molar-refractivity contribution in [1.29, 1.82) is 10.5 Å². The molecule has 15 rings (SSSR count). The summed E-state index contributed by atoms with van der Waals surface area (Å²) in [7, 11) is 0. The quantitative estimate of drug-likeness (QED) is 0.176. The van der Waals surface area contributed by atoms with Crippen LogP contribution < -0.4 is 0 Å². The number of nitrogens with zero attached hydrogens (tertiary/aromatic N) is 6. The third kappa shape index (κ3) is 4.94. The maximum atomic E-state index is 12.4. The normalized spacial score (nSPS) is 12.0. The van der Waals surface area contributed by atoms with Gasteiger partial charge in [0, 0.05) is 53.9 Å². The van der Waals surface area contributed by atoms with Gasteiger partial charge in [-0.1, -0.05) is 139 Å². The minimum absolute atomic E-state index is 0.362. The van der Waals surface area contributed by atoms with E-state index in [1.165, 1.54) is 0 Å². The number of nitriles is 2. The van der Waals surface area contributed by atoms with E-state index >= 15 is 0 Å². The van der Waals surface area contributed by atoms with Crippen molar-refractivity contribution in [2.45, 2.75) is 6.92 Å². The van der Waals surface area contributed by atoms with Crippen LogP contribution in [0.25, 0.3) is 132 Å². The molecule has 0 aliphatic rings. The topological polar surface area (TPSA) is 80.4 Å². The van der Waals surface area contributed by atoms with Gasteiger partial charge in [0.05, 0.1) is 66.9 Å². The lowest BCUT2D eigenvalue weighted by Crippen LogP contribution is -2.16. The van der Waals surface area contributed by atoms with Gasteiger partial charge in [-0.05, 0) is 73.7 Å². The van der Waals surface area contributed by atoms with E-state index in [9.17, 15) is 10.5 Å². The third-order valence-electron chi connectivity index (χ3n) is 14.7. The zero-order valence-corrected chi connectivity index (χ0v) is 37.6. The molecule has 10 aromatic carbocycles. The standard InChI is InChI=1S/C63H36N6O/c1-37-30-31-56-45(32-37)46-34-59-47(44-22-8-15-29-58(44)70-59)33-57(46)69(56)60-48(35-64)61(66-50-23-9-2-16-38(50)39-17-3-10-24-51(39)66)63(68-54-27-13-6-20-42(54)43-21-7-14-28-55(43)68)62(49(60)36-65)67-52-25-11-4-18-40(52)41-19-5-12-26-53(41)67/h2-34H,1H3. The average molecular weight is 893 g/mol. The second kappa shape index (κ2) is 14.1. The van der Waals surface area contributed by atoms with Gasteiger partial charge < -0.3 is 22.7 Å². The van der Waals surface area contributed by atoms with Gasteiger partial charge in [-0.2, -0.15) is 10.5 Å². The van der Waals surface area contributed by atoms with Crippen molar-refractivity contribution < 1.29 is 4.42 Å². The average Bonchev–Trinajstić information content (AvgIpc) is 4.20. The lowest BCUT2D eigenvalue weighted by atomic mass is 9.98. The fourth-order valence-electron chi connectivity index (χ4n) is 11.9. The van der Waals surface area contributed by atoms with E-state index in [1.807, 2.05) is 18.2 Å². The molecule has 0 saturated heterocycles. The monoisotopic (exact) mass is 892 g/mol. The maximum Gasteiger partial charge on any atom is 0.136 e. The number of hydrogen-bond donors (Lipinski definition) is 0. The molecule has 0 amide bonds. The highest BCUT2D eigenvalue weighted by atomic mass is 16.3. The number of para-hydroxylation sites is 7. The summed E-state index contributed by atoms with van der Waals surface area (Å²) in [5, 5.41) is 35.1. The molecule has 5 heterocycles. The fourth-order valence-corrected chi connectivity index (χ4v) is 11.9. The molecule has 0 unspecified atom stereocenters. The molecule has 7 nitrogen and oxygen atoms in total. The number of aromatic nitrogens is 4. The number of rotatable bonds is 4. The summed E-state index contributed by atoms with van der Waals surface area (Å²) in [5.74, 6) is 0. The molecule has 0 fully saturated rings. The van der Waals surface area contributed by atoms with Gasteiger partial charge >= 0.3 is 0 Å². The van der Waals surface area contributed by atoms with E-state index < -0.39 is 0 Å². The van der Waals surface area contributed by atoms with Crippen molar-refractivity contribution in [2.75, 3.05) is 0 Å². The van der Waals surface area contributed by atoms with Crippen LogP contribution in [0.1, 0.15) is 16.7 Å². The lowest BCUT2D eigenvalue weighted by Gasteiger charge is -2.27. The van der Waals surface area contributed by atoms with E-state index in [0.29, 0.717) is 33.9 Å². The van der Waals surface area contributed by atoms with Crippen LogP contribution in [-0.2, 0) is 0 Å². The number of aryl methyl sites for hydroxylation is 1. The van der Waals surface area contributed by atoms with Crippen molar-refractivity contribution >= 4 is 109 Å². The van der Waals surface area contributed by atoms with Crippen molar-refractivity contribution in [1.82, 2.24) is 18.3 Å². The van der Waals surface area contributed by atoms with Gasteiger partial charge in [0.15, 0.2) is 0 Å². The van der Waals surface area contributed by atoms with Crippen LogP contribution in [0.3, 0.4) is 0 Å². The molecule has 5 aromatic heterocycles. The van der Waals surface area contributed by atoms with Crippen LogP contribution in [0.4, 0.5) is 0 Å². The Bertz CT molecular complexity index is 4570. The Labute approximate surface area is 399 Å². The molecule has 0 saturated carbocycles. The van der Waals surface area contributed by atoms with Crippen molar-refractivity contribution in [3.63, 3.8) is 0 Å². The molecule has 7 heteroatoms. The molecule has 0 aliphatic carbocycles. The second-order valence-corrected chi connectivity index (χ2v) is 18.3. The first-order chi connectivity index (χ1) is 34.6. The second-order valence-electron chi connectivity index (χ2n) is 18.3. The molecule has 0 atom stereocenters. The van der Waals surface area contributed by atoms with Gasteiger partial charge in [-0.3, -0.25) is 0 Å². The Hall–Kier alpha value is -9.82. The van der Waals surface area contributed by atoms with Gasteiger partial charge in [0.25, 0.3) is 0 Å². The molecule has 0 radical (unpaired) electrons. The summed E-state index contributed by atoms with van der Waals surface area (Å²) in [6, 6.07) is 75.4. The maximum absolute atomic E-state index is 12.4. The Kier molecular flexibility index (Phi) is 7.72. The van der Waals surface area contributed by atoms with Crippen LogP contribution in [0, 0.1) is 29.6 Å². The van der Waals surface area contributed by atoms with Crippen molar-refractivity contribution in [3.05, 3.63) is 217 Å². The van der Waals surface area contributed by atoms with E-state index in [1.54, 1.807) is 0 Å². The minimum Gasteiger partial charge on any atom is -0.456 e. The van der Waals surface area contributed by atoms with Gasteiger partial charge in [0.1, 0.15) is 34.4 Å². The summed E-state index contributed by atoms with van der Waals surface area (Å²) in [6.45, 7) is 2.10. The first-order valence-electron chi connectivity index (χ1n) is 23.5. The zero-order chi connectivity index (χ0) is 46.4. The highest BCUT2D eigenvalue weighted by Gasteiger charge is 2.34. The molecular formula is C63H36N6O. The molecular weight excluding hydrogens is 857 g/mol. The molecule has 0 spiro atoms. The van der Waals surface area contributed by atoms with Gasteiger partial charge in [-0.25, -0.2) is 0 Å². The first kappa shape index (κ1) is 38.3. The predicted octanol–water partition coefficient (Wildman–Crippen LogP) is 16.0. The number of hydrogen-bond acceptors (Lipinski definition) is 3. The summed E-state index contributed by atoms with van der Waals surface area (Å²) < 4.78 is 15.6. The van der Waals surface area contributed by atoms with Crippen LogP contribution in [0.2, 0.25) is 0 Å². The van der Waals surface area contributed by atoms with Crippen molar-refractivity contribution in [3.8, 4) is 34.9 Å². The lowest BCUT2D eigenvalue weighted by molar-refractivity contribution is 0.669. The number of fused-ring (bicyclic) bond motifs is 15. The fraction of sp³-hybridized carbons (Fsp3) is 0.0159. The molecule has 70 heavy (non-hydrogen) atoms.